The molecule has 206 valence electrons. The second-order valence-corrected chi connectivity index (χ2v) is 8.72. The summed E-state index contributed by atoms with van der Waals surface area (Å²) >= 11 is 0. The number of hydrogen-bond acceptors (Lipinski definition) is 7. The van der Waals surface area contributed by atoms with Crippen LogP contribution in [0.15, 0.2) is 47.8 Å². The zero-order chi connectivity index (χ0) is 28.1. The van der Waals surface area contributed by atoms with Crippen molar-refractivity contribution in [1.82, 2.24) is 25.9 Å². The number of nitrogens with one attached hydrogen (secondary N) is 4. The number of imidazole rings is 1. The molecule has 0 radical (unpaired) electrons. The first-order valence-electron chi connectivity index (χ1n) is 12.0. The number of aliphatic imine (C=N–C) groups is 1. The molecular formula is C24H35N9O5. The van der Waals surface area contributed by atoms with Gasteiger partial charge in [0.2, 0.25) is 17.7 Å². The van der Waals surface area contributed by atoms with Crippen LogP contribution in [0.5, 0.6) is 0 Å². The van der Waals surface area contributed by atoms with Gasteiger partial charge in [-0.25, -0.2) is 9.78 Å². The van der Waals surface area contributed by atoms with E-state index in [1.54, 1.807) is 30.3 Å². The van der Waals surface area contributed by atoms with Crippen LogP contribution in [0.2, 0.25) is 0 Å². The monoisotopic (exact) mass is 529 g/mol. The van der Waals surface area contributed by atoms with E-state index >= 15 is 0 Å². The van der Waals surface area contributed by atoms with Gasteiger partial charge in [-0.3, -0.25) is 19.4 Å². The molecule has 4 unspecified atom stereocenters. The first kappa shape index (κ1) is 29.8. The predicted octanol–water partition coefficient (Wildman–Crippen LogP) is -1.87. The average Bonchev–Trinajstić information content (AvgIpc) is 3.39. The maximum Gasteiger partial charge on any atom is 0.326 e. The molecule has 0 aliphatic heterocycles. The van der Waals surface area contributed by atoms with Crippen molar-refractivity contribution >= 4 is 29.7 Å². The molecule has 1 heterocycles. The molecular weight excluding hydrogens is 494 g/mol. The molecule has 0 saturated heterocycles. The highest BCUT2D eigenvalue weighted by Gasteiger charge is 2.29. The van der Waals surface area contributed by atoms with Gasteiger partial charge in [-0.05, 0) is 25.3 Å². The molecule has 38 heavy (non-hydrogen) atoms. The lowest BCUT2D eigenvalue weighted by molar-refractivity contribution is -0.142. The van der Waals surface area contributed by atoms with Crippen molar-refractivity contribution in [2.24, 2.45) is 22.2 Å². The number of guanidine groups is 1. The Kier molecular flexibility index (Phi) is 11.7. The van der Waals surface area contributed by atoms with Crippen LogP contribution in [-0.2, 0) is 32.0 Å². The highest BCUT2D eigenvalue weighted by atomic mass is 16.4. The van der Waals surface area contributed by atoms with Gasteiger partial charge in [0.05, 0.1) is 12.4 Å². The average molecular weight is 530 g/mol. The van der Waals surface area contributed by atoms with Gasteiger partial charge in [0.1, 0.15) is 18.1 Å². The van der Waals surface area contributed by atoms with Crippen molar-refractivity contribution in [2.45, 2.75) is 56.8 Å². The molecule has 0 aliphatic carbocycles. The molecule has 0 saturated carbocycles. The van der Waals surface area contributed by atoms with E-state index in [2.05, 4.69) is 30.9 Å². The summed E-state index contributed by atoms with van der Waals surface area (Å²) in [6.45, 7) is 1.77. The largest absolute Gasteiger partial charge is 0.480 e. The van der Waals surface area contributed by atoms with Gasteiger partial charge >= 0.3 is 5.97 Å². The third-order valence-corrected chi connectivity index (χ3v) is 5.57. The van der Waals surface area contributed by atoms with Crippen molar-refractivity contribution in [2.75, 3.05) is 6.54 Å². The Morgan fingerprint density at radius 2 is 1.68 bits per heavy atom. The summed E-state index contributed by atoms with van der Waals surface area (Å²) in [7, 11) is 0. The van der Waals surface area contributed by atoms with Gasteiger partial charge in [-0.1, -0.05) is 30.3 Å². The predicted molar refractivity (Wildman–Crippen MR) is 139 cm³/mol. The van der Waals surface area contributed by atoms with E-state index in [9.17, 15) is 24.3 Å². The number of carbonyl (C=O) groups excluding carboxylic acids is 3. The number of aliphatic carboxylic acids is 1. The molecule has 0 aliphatic rings. The van der Waals surface area contributed by atoms with Crippen LogP contribution in [0, 0.1) is 0 Å². The van der Waals surface area contributed by atoms with Gasteiger partial charge in [0.25, 0.3) is 0 Å². The highest BCUT2D eigenvalue weighted by Crippen LogP contribution is 2.06. The number of benzene rings is 1. The number of aromatic nitrogens is 2. The normalized spacial score (nSPS) is 13.8. The molecule has 0 bridgehead atoms. The lowest BCUT2D eigenvalue weighted by Gasteiger charge is -2.24. The van der Waals surface area contributed by atoms with Crippen LogP contribution in [0.25, 0.3) is 0 Å². The lowest BCUT2D eigenvalue weighted by atomic mass is 10.0. The molecule has 0 fully saturated rings. The standard InChI is InChI=1S/C24H35N9O5/c1-14(31-21(35)17(25)8-5-9-29-24(26)27)20(34)32-18(10-15-6-3-2-4-7-15)22(36)33-19(23(37)38)11-16-12-28-13-30-16/h2-4,6-7,12-14,17-19H,5,8-11,25H2,1H3,(H,28,30)(H,31,35)(H,32,34)(H,33,36)(H,37,38)(H4,26,27,29). The maximum atomic E-state index is 13.1. The maximum absolute atomic E-state index is 13.1. The molecule has 4 atom stereocenters. The quantitative estimate of drug-likeness (QED) is 0.0731. The Morgan fingerprint density at radius 1 is 1.00 bits per heavy atom. The molecule has 11 N–H and O–H groups in total. The van der Waals surface area contributed by atoms with Crippen LogP contribution in [0.3, 0.4) is 0 Å². The smallest absolute Gasteiger partial charge is 0.326 e. The summed E-state index contributed by atoms with van der Waals surface area (Å²) in [6.07, 6.45) is 3.69. The molecule has 14 heteroatoms. The van der Waals surface area contributed by atoms with Crippen molar-refractivity contribution in [3.05, 3.63) is 54.1 Å². The van der Waals surface area contributed by atoms with E-state index in [0.29, 0.717) is 25.1 Å². The molecule has 14 nitrogen and oxygen atoms in total. The van der Waals surface area contributed by atoms with Crippen LogP contribution in [0.1, 0.15) is 31.0 Å². The first-order valence-corrected chi connectivity index (χ1v) is 12.0. The van der Waals surface area contributed by atoms with Crippen LogP contribution in [0.4, 0.5) is 0 Å². The number of rotatable bonds is 15. The fraction of sp³-hybridized carbons (Fsp3) is 0.417. The Hall–Kier alpha value is -4.46. The van der Waals surface area contributed by atoms with Gasteiger partial charge < -0.3 is 43.2 Å². The van der Waals surface area contributed by atoms with Crippen LogP contribution in [-0.4, -0.2) is 75.4 Å². The fourth-order valence-electron chi connectivity index (χ4n) is 3.48. The van der Waals surface area contributed by atoms with Gasteiger partial charge in [0.15, 0.2) is 5.96 Å². The number of aromatic amines is 1. The first-order chi connectivity index (χ1) is 18.1. The number of carboxylic acids is 1. The number of H-pyrrole nitrogens is 1. The van der Waals surface area contributed by atoms with E-state index in [1.165, 1.54) is 19.4 Å². The number of hydrogen-bond donors (Lipinski definition) is 8. The van der Waals surface area contributed by atoms with Crippen molar-refractivity contribution in [3.63, 3.8) is 0 Å². The third kappa shape index (κ3) is 10.3. The van der Waals surface area contributed by atoms with Gasteiger partial charge in [0, 0.05) is 31.3 Å². The number of nitrogens with two attached hydrogens (primary N) is 3. The number of carbonyl (C=O) groups is 4. The molecule has 3 amide bonds. The number of nitrogens with zero attached hydrogens (tertiary/aromatic N) is 2. The highest BCUT2D eigenvalue weighted by molar-refractivity contribution is 5.94. The number of carboxylic acid groups (broad SMARTS) is 1. The molecule has 1 aromatic heterocycles. The lowest BCUT2D eigenvalue weighted by Crippen LogP contribution is -2.57. The molecule has 0 spiro atoms. The van der Waals surface area contributed by atoms with Crippen molar-refractivity contribution in [1.29, 1.82) is 0 Å². The summed E-state index contributed by atoms with van der Waals surface area (Å²) in [5.41, 5.74) is 17.7. The molecule has 2 rings (SSSR count). The minimum Gasteiger partial charge on any atom is -0.480 e. The van der Waals surface area contributed by atoms with E-state index in [0.717, 1.165) is 5.56 Å². The molecule has 1 aromatic carbocycles. The summed E-state index contributed by atoms with van der Waals surface area (Å²) in [5, 5.41) is 17.2. The van der Waals surface area contributed by atoms with Crippen molar-refractivity contribution in [3.8, 4) is 0 Å². The zero-order valence-corrected chi connectivity index (χ0v) is 21.1. The fourth-order valence-corrected chi connectivity index (χ4v) is 3.48. The van der Waals surface area contributed by atoms with Crippen LogP contribution >= 0.6 is 0 Å². The third-order valence-electron chi connectivity index (χ3n) is 5.57. The summed E-state index contributed by atoms with van der Waals surface area (Å²) in [6, 6.07) is 4.65. The van der Waals surface area contributed by atoms with Crippen molar-refractivity contribution < 1.29 is 24.3 Å². The Labute approximate surface area is 219 Å². The van der Waals surface area contributed by atoms with E-state index in [4.69, 9.17) is 17.2 Å². The summed E-state index contributed by atoms with van der Waals surface area (Å²) in [5.74, 6) is -3.18. The second-order valence-electron chi connectivity index (χ2n) is 8.72. The van der Waals surface area contributed by atoms with E-state index < -0.39 is 47.9 Å². The van der Waals surface area contributed by atoms with E-state index in [1.807, 2.05) is 0 Å². The SMILES string of the molecule is CC(NC(=O)C(N)CCCN=C(N)N)C(=O)NC(Cc1ccccc1)C(=O)NC(Cc1cnc[nH]1)C(=O)O. The minimum atomic E-state index is -1.26. The molecule has 2 aromatic rings. The Bertz CT molecular complexity index is 1090. The topological polar surface area (TPSA) is 244 Å². The van der Waals surface area contributed by atoms with Crippen LogP contribution < -0.4 is 33.2 Å². The van der Waals surface area contributed by atoms with E-state index in [-0.39, 0.29) is 18.8 Å². The summed E-state index contributed by atoms with van der Waals surface area (Å²) in [4.78, 5) is 60.7. The Balaban J connectivity index is 2.04. The minimum absolute atomic E-state index is 0.0272. The number of amides is 3. The van der Waals surface area contributed by atoms with Gasteiger partial charge in [-0.15, -0.1) is 0 Å². The second kappa shape index (κ2) is 14.9. The zero-order valence-electron chi connectivity index (χ0n) is 21.1. The Morgan fingerprint density at radius 3 is 2.29 bits per heavy atom. The summed E-state index contributed by atoms with van der Waals surface area (Å²) < 4.78 is 0. The van der Waals surface area contributed by atoms with Gasteiger partial charge in [-0.2, -0.15) is 0 Å².